The number of hydrogen-bond donors (Lipinski definition) is 1. The number of ether oxygens (including phenoxy) is 3. The van der Waals surface area contributed by atoms with Crippen molar-refractivity contribution in [2.45, 2.75) is 13.0 Å². The highest BCUT2D eigenvalue weighted by atomic mass is 16.5. The maximum atomic E-state index is 12.7. The van der Waals surface area contributed by atoms with Crippen LogP contribution in [0.2, 0.25) is 0 Å². The molecule has 1 heterocycles. The van der Waals surface area contributed by atoms with Crippen molar-refractivity contribution in [2.75, 3.05) is 34.4 Å². The molecule has 0 spiro atoms. The molecule has 0 saturated carbocycles. The Morgan fingerprint density at radius 1 is 1.10 bits per heavy atom. The molecule has 0 aromatic heterocycles. The zero-order valence-electron chi connectivity index (χ0n) is 12.9. The number of carbonyl (C=O) groups is 1. The van der Waals surface area contributed by atoms with Crippen molar-refractivity contribution >= 4 is 5.91 Å². The van der Waals surface area contributed by atoms with Crippen molar-refractivity contribution in [3.05, 3.63) is 17.7 Å². The van der Waals surface area contributed by atoms with Crippen molar-refractivity contribution in [2.24, 2.45) is 11.7 Å². The standard InChI is InChI=1S/C15H22N2O4/c1-9-7-17(8-11(9)16)15(18)10-5-13(20-3)14(21-4)6-12(10)19-2/h5-6,9,11H,7-8,16H2,1-4H3. The molecule has 1 aliphatic rings. The third-order valence-electron chi connectivity index (χ3n) is 3.89. The summed E-state index contributed by atoms with van der Waals surface area (Å²) >= 11 is 0. The van der Waals surface area contributed by atoms with Crippen molar-refractivity contribution < 1.29 is 19.0 Å². The van der Waals surface area contributed by atoms with Gasteiger partial charge < -0.3 is 24.8 Å². The fraction of sp³-hybridized carbons (Fsp3) is 0.533. The summed E-state index contributed by atoms with van der Waals surface area (Å²) in [5.41, 5.74) is 6.44. The zero-order valence-corrected chi connectivity index (χ0v) is 12.9. The summed E-state index contributed by atoms with van der Waals surface area (Å²) in [4.78, 5) is 14.4. The van der Waals surface area contributed by atoms with Gasteiger partial charge in [0, 0.05) is 31.3 Å². The van der Waals surface area contributed by atoms with E-state index in [0.29, 0.717) is 41.8 Å². The van der Waals surface area contributed by atoms with Crippen LogP contribution in [0.3, 0.4) is 0 Å². The molecule has 0 aliphatic carbocycles. The van der Waals surface area contributed by atoms with Gasteiger partial charge in [0.2, 0.25) is 0 Å². The van der Waals surface area contributed by atoms with E-state index in [4.69, 9.17) is 19.9 Å². The van der Waals surface area contributed by atoms with E-state index in [9.17, 15) is 4.79 Å². The lowest BCUT2D eigenvalue weighted by Gasteiger charge is -2.19. The second-order valence-corrected chi connectivity index (χ2v) is 5.26. The van der Waals surface area contributed by atoms with Crippen LogP contribution < -0.4 is 19.9 Å². The summed E-state index contributed by atoms with van der Waals surface area (Å²) in [5.74, 6) is 1.68. The number of nitrogens with zero attached hydrogens (tertiary/aromatic N) is 1. The third kappa shape index (κ3) is 2.90. The highest BCUT2D eigenvalue weighted by molar-refractivity contribution is 5.98. The van der Waals surface area contributed by atoms with Crippen LogP contribution in [-0.2, 0) is 0 Å². The summed E-state index contributed by atoms with van der Waals surface area (Å²) in [5, 5.41) is 0. The monoisotopic (exact) mass is 294 g/mol. The minimum Gasteiger partial charge on any atom is -0.496 e. The van der Waals surface area contributed by atoms with Crippen LogP contribution in [-0.4, -0.2) is 51.3 Å². The van der Waals surface area contributed by atoms with Crippen LogP contribution >= 0.6 is 0 Å². The van der Waals surface area contributed by atoms with Gasteiger partial charge in [-0.3, -0.25) is 4.79 Å². The maximum Gasteiger partial charge on any atom is 0.257 e. The Kier molecular flexibility index (Phi) is 4.57. The van der Waals surface area contributed by atoms with E-state index in [1.54, 1.807) is 24.1 Å². The van der Waals surface area contributed by atoms with Gasteiger partial charge in [-0.05, 0) is 5.92 Å². The summed E-state index contributed by atoms with van der Waals surface area (Å²) in [7, 11) is 4.60. The molecule has 1 aromatic carbocycles. The Bertz CT molecular complexity index is 523. The molecule has 2 unspecified atom stereocenters. The molecule has 1 amide bonds. The average Bonchev–Trinajstić information content (AvgIpc) is 2.84. The van der Waals surface area contributed by atoms with Gasteiger partial charge in [0.1, 0.15) is 5.75 Å². The van der Waals surface area contributed by atoms with E-state index in [-0.39, 0.29) is 11.9 Å². The highest BCUT2D eigenvalue weighted by Gasteiger charge is 2.32. The van der Waals surface area contributed by atoms with Crippen LogP contribution in [0.5, 0.6) is 17.2 Å². The van der Waals surface area contributed by atoms with Crippen LogP contribution in [0.15, 0.2) is 12.1 Å². The molecule has 2 rings (SSSR count). The molecular formula is C15H22N2O4. The summed E-state index contributed by atoms with van der Waals surface area (Å²) < 4.78 is 15.8. The number of hydrogen-bond acceptors (Lipinski definition) is 5. The molecule has 1 fully saturated rings. The second-order valence-electron chi connectivity index (χ2n) is 5.26. The minimum atomic E-state index is -0.104. The maximum absolute atomic E-state index is 12.7. The molecule has 6 nitrogen and oxygen atoms in total. The molecule has 1 aromatic rings. The molecule has 6 heteroatoms. The van der Waals surface area contributed by atoms with Crippen LogP contribution in [0, 0.1) is 5.92 Å². The van der Waals surface area contributed by atoms with Crippen LogP contribution in [0.25, 0.3) is 0 Å². The summed E-state index contributed by atoms with van der Waals surface area (Å²) in [6.45, 7) is 3.25. The van der Waals surface area contributed by atoms with Gasteiger partial charge in [0.15, 0.2) is 11.5 Å². The number of nitrogens with two attached hydrogens (primary N) is 1. The molecule has 0 radical (unpaired) electrons. The SMILES string of the molecule is COc1cc(OC)c(C(=O)N2CC(C)C(N)C2)cc1OC. The Hall–Kier alpha value is -1.95. The second kappa shape index (κ2) is 6.22. The number of likely N-dealkylation sites (tertiary alicyclic amines) is 1. The van der Waals surface area contributed by atoms with Gasteiger partial charge >= 0.3 is 0 Å². The minimum absolute atomic E-state index is 0.0140. The van der Waals surface area contributed by atoms with E-state index >= 15 is 0 Å². The fourth-order valence-electron chi connectivity index (χ4n) is 2.52. The molecule has 116 valence electrons. The lowest BCUT2D eigenvalue weighted by molar-refractivity contribution is 0.0783. The van der Waals surface area contributed by atoms with E-state index < -0.39 is 0 Å². The topological polar surface area (TPSA) is 74.0 Å². The van der Waals surface area contributed by atoms with Crippen molar-refractivity contribution in [3.63, 3.8) is 0 Å². The predicted octanol–water partition coefficient (Wildman–Crippen LogP) is 1.13. The molecule has 21 heavy (non-hydrogen) atoms. The number of amides is 1. The van der Waals surface area contributed by atoms with Gasteiger partial charge in [0.05, 0.1) is 26.9 Å². The first kappa shape index (κ1) is 15.4. The molecule has 1 saturated heterocycles. The zero-order chi connectivity index (χ0) is 15.6. The first-order valence-corrected chi connectivity index (χ1v) is 6.86. The molecule has 2 atom stereocenters. The van der Waals surface area contributed by atoms with Crippen LogP contribution in [0.1, 0.15) is 17.3 Å². The predicted molar refractivity (Wildman–Crippen MR) is 79.1 cm³/mol. The normalized spacial score (nSPS) is 21.3. The Morgan fingerprint density at radius 2 is 1.67 bits per heavy atom. The van der Waals surface area contributed by atoms with Gasteiger partial charge in [0.25, 0.3) is 5.91 Å². The summed E-state index contributed by atoms with van der Waals surface area (Å²) in [6.07, 6.45) is 0. The molecule has 1 aliphatic heterocycles. The van der Waals surface area contributed by atoms with Crippen molar-refractivity contribution in [1.82, 2.24) is 4.90 Å². The molecule has 2 N–H and O–H groups in total. The first-order valence-electron chi connectivity index (χ1n) is 6.86. The number of rotatable bonds is 4. The average molecular weight is 294 g/mol. The lowest BCUT2D eigenvalue weighted by atomic mass is 10.1. The Labute approximate surface area is 124 Å². The van der Waals surface area contributed by atoms with E-state index in [2.05, 4.69) is 0 Å². The lowest BCUT2D eigenvalue weighted by Crippen LogP contribution is -2.32. The number of methoxy groups -OCH3 is 3. The van der Waals surface area contributed by atoms with Gasteiger partial charge in [-0.1, -0.05) is 6.92 Å². The summed E-state index contributed by atoms with van der Waals surface area (Å²) in [6, 6.07) is 3.32. The van der Waals surface area contributed by atoms with E-state index in [1.165, 1.54) is 14.2 Å². The van der Waals surface area contributed by atoms with Crippen LogP contribution in [0.4, 0.5) is 0 Å². The molecular weight excluding hydrogens is 272 g/mol. The van der Waals surface area contributed by atoms with Crippen molar-refractivity contribution in [1.29, 1.82) is 0 Å². The fourth-order valence-corrected chi connectivity index (χ4v) is 2.52. The van der Waals surface area contributed by atoms with Gasteiger partial charge in [-0.2, -0.15) is 0 Å². The van der Waals surface area contributed by atoms with Gasteiger partial charge in [-0.15, -0.1) is 0 Å². The largest absolute Gasteiger partial charge is 0.496 e. The van der Waals surface area contributed by atoms with Crippen molar-refractivity contribution in [3.8, 4) is 17.2 Å². The van der Waals surface area contributed by atoms with E-state index in [1.807, 2.05) is 6.92 Å². The first-order chi connectivity index (χ1) is 10.0. The van der Waals surface area contributed by atoms with Gasteiger partial charge in [-0.25, -0.2) is 0 Å². The smallest absolute Gasteiger partial charge is 0.257 e. The number of carbonyl (C=O) groups excluding carboxylic acids is 1. The number of benzene rings is 1. The quantitative estimate of drug-likeness (QED) is 0.901. The highest BCUT2D eigenvalue weighted by Crippen LogP contribution is 2.35. The molecule has 0 bridgehead atoms. The Balaban J connectivity index is 2.36. The third-order valence-corrected chi connectivity index (χ3v) is 3.89. The van der Waals surface area contributed by atoms with E-state index in [0.717, 1.165) is 0 Å². The Morgan fingerprint density at radius 3 is 2.14 bits per heavy atom.